The van der Waals surface area contributed by atoms with Crippen LogP contribution in [0.5, 0.6) is 5.75 Å². The summed E-state index contributed by atoms with van der Waals surface area (Å²) in [6, 6.07) is 12.5. The molecule has 0 saturated carbocycles. The molecule has 1 aliphatic heterocycles. The molecule has 0 aliphatic carbocycles. The fourth-order valence-electron chi connectivity index (χ4n) is 2.29. The van der Waals surface area contributed by atoms with Crippen LogP contribution in [0.3, 0.4) is 0 Å². The van der Waals surface area contributed by atoms with Crippen molar-refractivity contribution in [3.8, 4) is 5.75 Å². The monoisotopic (exact) mass is 285 g/mol. The van der Waals surface area contributed by atoms with E-state index in [1.165, 1.54) is 6.07 Å². The normalized spacial score (nSPS) is 13.5. The molecule has 0 aromatic heterocycles. The maximum Gasteiger partial charge on any atom is 0.136 e. The van der Waals surface area contributed by atoms with Crippen LogP contribution < -0.4 is 15.4 Å². The average Bonchev–Trinajstić information content (AvgIpc) is 3.01. The Labute approximate surface area is 122 Å². The van der Waals surface area contributed by atoms with E-state index in [-0.39, 0.29) is 5.82 Å². The molecule has 4 nitrogen and oxygen atoms in total. The highest BCUT2D eigenvalue weighted by atomic mass is 19.1. The number of nitrogens with one attached hydrogen (secondary N) is 2. The number of rotatable bonds is 4. The summed E-state index contributed by atoms with van der Waals surface area (Å²) in [5, 5.41) is 6.33. The van der Waals surface area contributed by atoms with Crippen molar-refractivity contribution in [2.75, 3.05) is 25.5 Å². The minimum Gasteiger partial charge on any atom is -0.497 e. The summed E-state index contributed by atoms with van der Waals surface area (Å²) in [4.78, 5) is 4.30. The van der Waals surface area contributed by atoms with Gasteiger partial charge in [-0.3, -0.25) is 4.99 Å². The van der Waals surface area contributed by atoms with E-state index in [0.717, 1.165) is 18.0 Å². The van der Waals surface area contributed by atoms with Crippen molar-refractivity contribution >= 4 is 17.2 Å². The van der Waals surface area contributed by atoms with E-state index in [0.29, 0.717) is 23.6 Å². The molecular weight excluding hydrogens is 269 g/mol. The minimum atomic E-state index is -0.295. The molecule has 0 spiro atoms. The lowest BCUT2D eigenvalue weighted by Crippen LogP contribution is -2.21. The molecule has 0 unspecified atom stereocenters. The zero-order chi connectivity index (χ0) is 14.7. The fourth-order valence-corrected chi connectivity index (χ4v) is 2.29. The third-order valence-electron chi connectivity index (χ3n) is 3.27. The summed E-state index contributed by atoms with van der Waals surface area (Å²) < 4.78 is 19.4. The lowest BCUT2D eigenvalue weighted by atomic mass is 10.1. The molecule has 2 aromatic carbocycles. The van der Waals surface area contributed by atoms with Gasteiger partial charge in [0.05, 0.1) is 24.9 Å². The Kier molecular flexibility index (Phi) is 3.73. The van der Waals surface area contributed by atoms with Crippen LogP contribution in [0, 0.1) is 5.82 Å². The van der Waals surface area contributed by atoms with E-state index in [1.54, 1.807) is 13.2 Å². The molecule has 0 saturated heterocycles. The molecule has 0 bridgehead atoms. The standard InChI is InChI=1S/C16H16FN3O/c1-21-12-5-2-4-11(10-12)20-14-7-3-6-13(17)15(14)16-18-8-9-19-16/h2-7,10,20H,8-9H2,1H3,(H,18,19). The third-order valence-corrected chi connectivity index (χ3v) is 3.27. The SMILES string of the molecule is COc1cccc(Nc2cccc(F)c2C2=NCCN2)c1. The van der Waals surface area contributed by atoms with Crippen molar-refractivity contribution in [2.45, 2.75) is 0 Å². The molecule has 0 fully saturated rings. The van der Waals surface area contributed by atoms with Crippen LogP contribution in [0.2, 0.25) is 0 Å². The van der Waals surface area contributed by atoms with Gasteiger partial charge in [-0.2, -0.15) is 0 Å². The molecule has 1 aliphatic rings. The zero-order valence-corrected chi connectivity index (χ0v) is 11.7. The fraction of sp³-hybridized carbons (Fsp3) is 0.188. The summed E-state index contributed by atoms with van der Waals surface area (Å²) in [6.07, 6.45) is 0. The van der Waals surface area contributed by atoms with E-state index < -0.39 is 0 Å². The summed E-state index contributed by atoms with van der Waals surface area (Å²) in [5.74, 6) is 1.05. The van der Waals surface area contributed by atoms with Gasteiger partial charge < -0.3 is 15.4 Å². The summed E-state index contributed by atoms with van der Waals surface area (Å²) in [7, 11) is 1.61. The number of ether oxygens (including phenoxy) is 1. The number of benzene rings is 2. The van der Waals surface area contributed by atoms with Gasteiger partial charge in [0.25, 0.3) is 0 Å². The molecule has 3 rings (SSSR count). The van der Waals surface area contributed by atoms with Crippen LogP contribution in [-0.4, -0.2) is 26.0 Å². The molecule has 0 radical (unpaired) electrons. The van der Waals surface area contributed by atoms with E-state index in [1.807, 2.05) is 30.3 Å². The Hall–Kier alpha value is -2.56. The number of amidine groups is 1. The van der Waals surface area contributed by atoms with Crippen LogP contribution in [0.25, 0.3) is 0 Å². The van der Waals surface area contributed by atoms with Gasteiger partial charge in [-0.15, -0.1) is 0 Å². The van der Waals surface area contributed by atoms with Gasteiger partial charge in [0.2, 0.25) is 0 Å². The number of hydrogen-bond donors (Lipinski definition) is 2. The summed E-state index contributed by atoms with van der Waals surface area (Å²) in [6.45, 7) is 1.41. The first kappa shape index (κ1) is 13.4. The largest absolute Gasteiger partial charge is 0.497 e. The molecule has 1 heterocycles. The minimum absolute atomic E-state index is 0.295. The lowest BCUT2D eigenvalue weighted by Gasteiger charge is -2.14. The lowest BCUT2D eigenvalue weighted by molar-refractivity contribution is 0.415. The summed E-state index contributed by atoms with van der Waals surface area (Å²) >= 11 is 0. The summed E-state index contributed by atoms with van der Waals surface area (Å²) in [5.41, 5.74) is 1.98. The first-order valence-electron chi connectivity index (χ1n) is 6.76. The van der Waals surface area contributed by atoms with E-state index >= 15 is 0 Å². The molecule has 5 heteroatoms. The second-order valence-corrected chi connectivity index (χ2v) is 4.68. The zero-order valence-electron chi connectivity index (χ0n) is 11.7. The Morgan fingerprint density at radius 1 is 1.24 bits per heavy atom. The van der Waals surface area contributed by atoms with Gasteiger partial charge in [-0.25, -0.2) is 4.39 Å². The highest BCUT2D eigenvalue weighted by molar-refractivity contribution is 6.05. The Morgan fingerprint density at radius 2 is 2.10 bits per heavy atom. The number of methoxy groups -OCH3 is 1. The smallest absolute Gasteiger partial charge is 0.136 e. The number of nitrogens with zero attached hydrogens (tertiary/aromatic N) is 1. The van der Waals surface area contributed by atoms with Crippen LogP contribution >= 0.6 is 0 Å². The van der Waals surface area contributed by atoms with Crippen molar-refractivity contribution in [3.63, 3.8) is 0 Å². The van der Waals surface area contributed by atoms with Crippen molar-refractivity contribution in [3.05, 3.63) is 53.8 Å². The second kappa shape index (κ2) is 5.83. The van der Waals surface area contributed by atoms with Gasteiger partial charge in [0.1, 0.15) is 17.4 Å². The molecule has 21 heavy (non-hydrogen) atoms. The van der Waals surface area contributed by atoms with Crippen molar-refractivity contribution < 1.29 is 9.13 Å². The van der Waals surface area contributed by atoms with Crippen LogP contribution in [-0.2, 0) is 0 Å². The maximum absolute atomic E-state index is 14.2. The number of halogens is 1. The maximum atomic E-state index is 14.2. The molecule has 0 amide bonds. The second-order valence-electron chi connectivity index (χ2n) is 4.68. The van der Waals surface area contributed by atoms with Gasteiger partial charge in [-0.05, 0) is 24.3 Å². The number of aliphatic imine (C=N–C) groups is 1. The van der Waals surface area contributed by atoms with Crippen LogP contribution in [0.15, 0.2) is 47.5 Å². The molecule has 108 valence electrons. The molecule has 2 N–H and O–H groups in total. The van der Waals surface area contributed by atoms with Gasteiger partial charge in [-0.1, -0.05) is 12.1 Å². The van der Waals surface area contributed by atoms with Crippen molar-refractivity contribution in [1.29, 1.82) is 0 Å². The highest BCUT2D eigenvalue weighted by Gasteiger charge is 2.17. The Morgan fingerprint density at radius 3 is 2.86 bits per heavy atom. The van der Waals surface area contributed by atoms with Crippen LogP contribution in [0.4, 0.5) is 15.8 Å². The Balaban J connectivity index is 1.96. The number of hydrogen-bond acceptors (Lipinski definition) is 4. The van der Waals surface area contributed by atoms with E-state index in [9.17, 15) is 4.39 Å². The molecule has 2 aromatic rings. The first-order valence-corrected chi connectivity index (χ1v) is 6.76. The molecular formula is C16H16FN3O. The average molecular weight is 285 g/mol. The first-order chi connectivity index (χ1) is 10.3. The van der Waals surface area contributed by atoms with Crippen molar-refractivity contribution in [1.82, 2.24) is 5.32 Å². The van der Waals surface area contributed by atoms with Gasteiger partial charge in [0, 0.05) is 18.3 Å². The van der Waals surface area contributed by atoms with Crippen LogP contribution in [0.1, 0.15) is 5.56 Å². The predicted molar refractivity (Wildman–Crippen MR) is 82.1 cm³/mol. The van der Waals surface area contributed by atoms with E-state index in [4.69, 9.17) is 4.74 Å². The predicted octanol–water partition coefficient (Wildman–Crippen LogP) is 2.93. The molecule has 0 atom stereocenters. The van der Waals surface area contributed by atoms with E-state index in [2.05, 4.69) is 15.6 Å². The topological polar surface area (TPSA) is 45.6 Å². The highest BCUT2D eigenvalue weighted by Crippen LogP contribution is 2.26. The Bertz CT molecular complexity index is 685. The third kappa shape index (κ3) is 2.81. The van der Waals surface area contributed by atoms with Crippen molar-refractivity contribution in [2.24, 2.45) is 4.99 Å². The quantitative estimate of drug-likeness (QED) is 0.908. The number of anilines is 2. The van der Waals surface area contributed by atoms with Gasteiger partial charge in [0.15, 0.2) is 0 Å². The van der Waals surface area contributed by atoms with Gasteiger partial charge >= 0.3 is 0 Å².